The molecule has 0 saturated carbocycles. The molecule has 0 aromatic carbocycles. The van der Waals surface area contributed by atoms with E-state index in [-0.39, 0.29) is 15.5 Å². The van der Waals surface area contributed by atoms with Crippen molar-refractivity contribution in [2.45, 2.75) is 104 Å². The van der Waals surface area contributed by atoms with Gasteiger partial charge in [0.25, 0.3) is 0 Å². The van der Waals surface area contributed by atoms with Gasteiger partial charge in [0.2, 0.25) is 0 Å². The third kappa shape index (κ3) is 7.01. The Hall–Kier alpha value is 0.354. The predicted octanol–water partition coefficient (Wildman–Crippen LogP) is 6.84. The second-order valence-electron chi connectivity index (χ2n) is 10.7. The standard InChI is InChI=1S/C19H44O2Si2/c1-13-14-19(8,15-20-22(9,10)17(2,3)4)16-21-23(11,12)18(5,6)7/h13-16H2,1-12H3. The Labute approximate surface area is 149 Å². The molecule has 0 bridgehead atoms. The van der Waals surface area contributed by atoms with Gasteiger partial charge in [-0.3, -0.25) is 0 Å². The van der Waals surface area contributed by atoms with E-state index in [1.807, 2.05) is 0 Å². The van der Waals surface area contributed by atoms with Crippen molar-refractivity contribution in [1.29, 1.82) is 0 Å². The lowest BCUT2D eigenvalue weighted by atomic mass is 9.88. The third-order valence-electron chi connectivity index (χ3n) is 6.03. The maximum absolute atomic E-state index is 6.54. The molecule has 0 rings (SSSR count). The van der Waals surface area contributed by atoms with Crippen LogP contribution in [-0.2, 0) is 8.85 Å². The van der Waals surface area contributed by atoms with Crippen LogP contribution in [0.5, 0.6) is 0 Å². The fourth-order valence-corrected chi connectivity index (χ4v) is 4.22. The van der Waals surface area contributed by atoms with Crippen molar-refractivity contribution >= 4 is 16.6 Å². The maximum Gasteiger partial charge on any atom is 0.192 e. The fraction of sp³-hybridized carbons (Fsp3) is 1.00. The SMILES string of the molecule is CCCC(C)(CO[Si](C)(C)C(C)(C)C)CO[Si](C)(C)C(C)(C)C. The molecule has 0 fully saturated rings. The summed E-state index contributed by atoms with van der Waals surface area (Å²) in [6.07, 6.45) is 2.34. The second-order valence-corrected chi connectivity index (χ2v) is 20.3. The highest BCUT2D eigenvalue weighted by molar-refractivity contribution is 6.74. The molecule has 2 nitrogen and oxygen atoms in total. The largest absolute Gasteiger partial charge is 0.416 e. The summed E-state index contributed by atoms with van der Waals surface area (Å²) in [6, 6.07) is 0. The maximum atomic E-state index is 6.54. The van der Waals surface area contributed by atoms with Gasteiger partial charge in [-0.1, -0.05) is 61.8 Å². The quantitative estimate of drug-likeness (QED) is 0.441. The molecule has 0 unspecified atom stereocenters. The highest BCUT2D eigenvalue weighted by Crippen LogP contribution is 2.40. The molecule has 0 N–H and O–H groups in total. The average molecular weight is 361 g/mol. The predicted molar refractivity (Wildman–Crippen MR) is 109 cm³/mol. The Morgan fingerprint density at radius 2 is 0.957 bits per heavy atom. The molecule has 0 radical (unpaired) electrons. The molecule has 0 aromatic heterocycles. The van der Waals surface area contributed by atoms with E-state index in [0.717, 1.165) is 19.6 Å². The minimum atomic E-state index is -1.70. The van der Waals surface area contributed by atoms with Gasteiger partial charge >= 0.3 is 0 Å². The lowest BCUT2D eigenvalue weighted by molar-refractivity contribution is 0.0718. The van der Waals surface area contributed by atoms with E-state index >= 15 is 0 Å². The molecule has 0 heterocycles. The van der Waals surface area contributed by atoms with Gasteiger partial charge in [-0.05, 0) is 42.7 Å². The minimum Gasteiger partial charge on any atom is -0.416 e. The molecule has 140 valence electrons. The van der Waals surface area contributed by atoms with Crippen LogP contribution in [0.15, 0.2) is 0 Å². The van der Waals surface area contributed by atoms with E-state index < -0.39 is 16.6 Å². The summed E-state index contributed by atoms with van der Waals surface area (Å²) in [6.45, 7) is 29.5. The Morgan fingerprint density at radius 1 is 0.652 bits per heavy atom. The van der Waals surface area contributed by atoms with E-state index in [9.17, 15) is 0 Å². The fourth-order valence-electron chi connectivity index (χ4n) is 1.93. The molecular weight excluding hydrogens is 316 g/mol. The van der Waals surface area contributed by atoms with E-state index in [4.69, 9.17) is 8.85 Å². The van der Waals surface area contributed by atoms with Crippen LogP contribution in [0.4, 0.5) is 0 Å². The van der Waals surface area contributed by atoms with Crippen molar-refractivity contribution in [2.75, 3.05) is 13.2 Å². The zero-order valence-electron chi connectivity index (χ0n) is 18.1. The molecule has 0 spiro atoms. The van der Waals surface area contributed by atoms with Gasteiger partial charge in [0, 0.05) is 18.6 Å². The van der Waals surface area contributed by atoms with Crippen molar-refractivity contribution in [3.05, 3.63) is 0 Å². The molecule has 23 heavy (non-hydrogen) atoms. The summed E-state index contributed by atoms with van der Waals surface area (Å²) in [7, 11) is -3.40. The van der Waals surface area contributed by atoms with Crippen LogP contribution in [0.1, 0.15) is 68.2 Å². The van der Waals surface area contributed by atoms with Gasteiger partial charge in [0.15, 0.2) is 16.6 Å². The zero-order chi connectivity index (χ0) is 18.7. The normalized spacial score (nSPS) is 15.1. The lowest BCUT2D eigenvalue weighted by Gasteiger charge is -2.42. The molecule has 0 aliphatic heterocycles. The molecule has 0 aliphatic rings. The van der Waals surface area contributed by atoms with Crippen molar-refractivity contribution in [1.82, 2.24) is 0 Å². The van der Waals surface area contributed by atoms with E-state index in [1.54, 1.807) is 0 Å². The van der Waals surface area contributed by atoms with Crippen LogP contribution in [0.3, 0.4) is 0 Å². The summed E-state index contributed by atoms with van der Waals surface area (Å²) in [5, 5.41) is 0.529. The van der Waals surface area contributed by atoms with Gasteiger partial charge in [-0.15, -0.1) is 0 Å². The van der Waals surface area contributed by atoms with Gasteiger partial charge in [-0.25, -0.2) is 0 Å². The minimum absolute atomic E-state index is 0.125. The van der Waals surface area contributed by atoms with E-state index in [0.29, 0.717) is 0 Å². The molecule has 4 heteroatoms. The van der Waals surface area contributed by atoms with Crippen LogP contribution >= 0.6 is 0 Å². The number of hydrogen-bond donors (Lipinski definition) is 0. The molecule has 0 atom stereocenters. The van der Waals surface area contributed by atoms with Crippen LogP contribution in [-0.4, -0.2) is 29.8 Å². The van der Waals surface area contributed by atoms with Crippen LogP contribution in [0.2, 0.25) is 36.3 Å². The first-order valence-electron chi connectivity index (χ1n) is 9.25. The second kappa shape index (κ2) is 7.71. The summed E-state index contributed by atoms with van der Waals surface area (Å²) in [5.41, 5.74) is 0.125. The number of rotatable bonds is 8. The molecular formula is C19H44O2Si2. The van der Waals surface area contributed by atoms with E-state index in [2.05, 4.69) is 81.6 Å². The summed E-state index contributed by atoms with van der Waals surface area (Å²) < 4.78 is 13.1. The molecule has 0 amide bonds. The molecule has 0 aromatic rings. The van der Waals surface area contributed by atoms with Gasteiger partial charge < -0.3 is 8.85 Å². The Kier molecular flexibility index (Phi) is 7.83. The van der Waals surface area contributed by atoms with Crippen molar-refractivity contribution in [3.8, 4) is 0 Å². The zero-order valence-corrected chi connectivity index (χ0v) is 20.1. The lowest BCUT2D eigenvalue weighted by Crippen LogP contribution is -2.47. The highest BCUT2D eigenvalue weighted by atomic mass is 28.4. The van der Waals surface area contributed by atoms with E-state index in [1.165, 1.54) is 6.42 Å². The monoisotopic (exact) mass is 360 g/mol. The van der Waals surface area contributed by atoms with Crippen molar-refractivity contribution < 1.29 is 8.85 Å². The Balaban J connectivity index is 4.95. The van der Waals surface area contributed by atoms with Gasteiger partial charge in [0.1, 0.15) is 0 Å². The third-order valence-corrected chi connectivity index (χ3v) is 15.0. The molecule has 0 aliphatic carbocycles. The topological polar surface area (TPSA) is 18.5 Å². The first kappa shape index (κ1) is 23.4. The molecule has 0 saturated heterocycles. The Morgan fingerprint density at radius 3 is 1.17 bits per heavy atom. The van der Waals surface area contributed by atoms with Gasteiger partial charge in [0.05, 0.1) is 0 Å². The van der Waals surface area contributed by atoms with Crippen LogP contribution in [0, 0.1) is 5.41 Å². The van der Waals surface area contributed by atoms with Crippen LogP contribution < -0.4 is 0 Å². The highest BCUT2D eigenvalue weighted by Gasteiger charge is 2.41. The first-order chi connectivity index (χ1) is 9.97. The average Bonchev–Trinajstić information content (AvgIpc) is 2.32. The summed E-state index contributed by atoms with van der Waals surface area (Å²) in [5.74, 6) is 0. The Bertz CT molecular complexity index is 333. The van der Waals surface area contributed by atoms with Crippen LogP contribution in [0.25, 0.3) is 0 Å². The summed E-state index contributed by atoms with van der Waals surface area (Å²) in [4.78, 5) is 0. The van der Waals surface area contributed by atoms with Crippen molar-refractivity contribution in [3.63, 3.8) is 0 Å². The number of hydrogen-bond acceptors (Lipinski definition) is 2. The smallest absolute Gasteiger partial charge is 0.192 e. The van der Waals surface area contributed by atoms with Gasteiger partial charge in [-0.2, -0.15) is 0 Å². The summed E-state index contributed by atoms with van der Waals surface area (Å²) >= 11 is 0. The van der Waals surface area contributed by atoms with Crippen molar-refractivity contribution in [2.24, 2.45) is 5.41 Å². The first-order valence-corrected chi connectivity index (χ1v) is 15.1.